The van der Waals surface area contributed by atoms with E-state index < -0.39 is 0 Å². The van der Waals surface area contributed by atoms with Crippen LogP contribution in [-0.4, -0.2) is 6.89 Å². The van der Waals surface area contributed by atoms with Crippen LogP contribution in [0.5, 0.6) is 0 Å². The van der Waals surface area contributed by atoms with Crippen LogP contribution in [0.2, 0.25) is 0 Å². The zero-order valence-electron chi connectivity index (χ0n) is 2.07. The van der Waals surface area contributed by atoms with Crippen molar-refractivity contribution in [2.75, 3.05) is 0 Å². The van der Waals surface area contributed by atoms with Gasteiger partial charge in [0, 0.05) is 0 Å². The van der Waals surface area contributed by atoms with Gasteiger partial charge in [0.25, 0.3) is 0 Å². The molecular weight excluding hydrogens is 220 g/mol. The van der Waals surface area contributed by atoms with Crippen molar-refractivity contribution in [1.29, 1.82) is 0 Å². The Morgan fingerprint density at radius 3 is 1.80 bits per heavy atom. The smallest absolute Gasteiger partial charge is 0.153 e. The molecule has 0 amide bonds. The van der Waals surface area contributed by atoms with Gasteiger partial charge in [0.15, 0.2) is 2.68 Å². The van der Waals surface area contributed by atoms with Gasteiger partial charge in [0.2, 0.25) is 0 Å². The quantitative estimate of drug-likeness (QED) is 0.440. The van der Waals surface area contributed by atoms with Gasteiger partial charge in [0.05, 0.1) is 0 Å². The summed E-state index contributed by atoms with van der Waals surface area (Å²) < 4.78 is 9.91. The van der Waals surface area contributed by atoms with Gasteiger partial charge in [-0.2, -0.15) is 0 Å². The molecule has 0 spiro atoms. The molecular formula is CBr2OS. The molecule has 1 nitrogen and oxygen atoms in total. The predicted octanol–water partition coefficient (Wildman–Crippen LogP) is 1.08. The second-order valence-corrected chi connectivity index (χ2v) is 4.58. The molecule has 30 valence electrons. The van der Waals surface area contributed by atoms with Crippen LogP contribution in [0, 0.1) is 0 Å². The fraction of sp³-hybridized carbons (Fsp3) is 0. The summed E-state index contributed by atoms with van der Waals surface area (Å²) in [7, 11) is 0. The molecule has 0 aliphatic heterocycles. The highest BCUT2D eigenvalue weighted by atomic mass is 79.9. The van der Waals surface area contributed by atoms with Crippen molar-refractivity contribution >= 4 is 45.8 Å². The first kappa shape index (κ1) is 5.85. The number of halogens is 2. The first-order chi connectivity index (χ1) is 2.27. The summed E-state index contributed by atoms with van der Waals surface area (Å²) in [6.45, 7) is 0. The average molecular weight is 220 g/mol. The van der Waals surface area contributed by atoms with Crippen LogP contribution in [0.25, 0.3) is 0 Å². The van der Waals surface area contributed by atoms with Crippen LogP contribution in [0.3, 0.4) is 0 Å². The third-order valence-corrected chi connectivity index (χ3v) is 0.982. The summed E-state index contributed by atoms with van der Waals surface area (Å²) in [5, 5.41) is 0. The summed E-state index contributed by atoms with van der Waals surface area (Å²) in [5.74, 6) is 0. The molecule has 0 aliphatic rings. The maximum atomic E-state index is 9.42. The van der Waals surface area contributed by atoms with E-state index in [-0.39, 0.29) is 0 Å². The van der Waals surface area contributed by atoms with Crippen LogP contribution in [-0.2, 0) is 11.3 Å². The summed E-state index contributed by atoms with van der Waals surface area (Å²) in [6.07, 6.45) is 0. The van der Waals surface area contributed by atoms with Gasteiger partial charge in [-0.15, -0.1) is 0 Å². The lowest BCUT2D eigenvalue weighted by Gasteiger charge is -1.55. The maximum Gasteiger partial charge on any atom is 0.153 e. The Balaban J connectivity index is 3.60. The zero-order valence-corrected chi connectivity index (χ0v) is 6.06. The highest BCUT2D eigenvalue weighted by Gasteiger charge is 1.70. The van der Waals surface area contributed by atoms with Crippen molar-refractivity contribution in [1.82, 2.24) is 0 Å². The Kier molecular flexibility index (Phi) is 3.58. The van der Waals surface area contributed by atoms with Crippen LogP contribution in [0.15, 0.2) is 0 Å². The first-order valence-electron chi connectivity index (χ1n) is 0.749. The molecule has 0 aliphatic carbocycles. The Morgan fingerprint density at radius 2 is 1.80 bits per heavy atom. The predicted molar refractivity (Wildman–Crippen MR) is 31.0 cm³/mol. The highest BCUT2D eigenvalue weighted by Crippen LogP contribution is 1.91. The standard InChI is InChI=1S/CBr2OS/c2-1(3)5-4. The number of rotatable bonds is 0. The van der Waals surface area contributed by atoms with Gasteiger partial charge < -0.3 is 0 Å². The van der Waals surface area contributed by atoms with Crippen LogP contribution in [0.1, 0.15) is 0 Å². The monoisotopic (exact) mass is 218 g/mol. The molecule has 5 heavy (non-hydrogen) atoms. The van der Waals surface area contributed by atoms with Crippen molar-refractivity contribution in [3.63, 3.8) is 0 Å². The molecule has 0 saturated carbocycles. The van der Waals surface area contributed by atoms with Crippen LogP contribution >= 0.6 is 31.9 Å². The first-order valence-corrected chi connectivity index (χ1v) is 3.08. The van der Waals surface area contributed by atoms with Crippen LogP contribution in [0.4, 0.5) is 0 Å². The summed E-state index contributed by atoms with van der Waals surface area (Å²) >= 11 is 6.09. The molecule has 4 heteroatoms. The molecule has 0 N–H and O–H groups in total. The van der Waals surface area contributed by atoms with Gasteiger partial charge in [-0.3, -0.25) is 0 Å². The summed E-state index contributed by atoms with van der Waals surface area (Å²) in [5.41, 5.74) is 0. The third kappa shape index (κ3) is 4.85. The fourth-order valence-corrected chi connectivity index (χ4v) is 0. The maximum absolute atomic E-state index is 9.42. The SMILES string of the molecule is O=S=C(Br)Br. The summed E-state index contributed by atoms with van der Waals surface area (Å²) in [6, 6.07) is 0. The Bertz CT molecular complexity index is 69.7. The topological polar surface area (TPSA) is 17.1 Å². The molecule has 0 radical (unpaired) electrons. The van der Waals surface area contributed by atoms with E-state index in [2.05, 4.69) is 31.9 Å². The van der Waals surface area contributed by atoms with E-state index >= 15 is 0 Å². The molecule has 0 saturated heterocycles. The van der Waals surface area contributed by atoms with Crippen molar-refractivity contribution < 1.29 is 4.21 Å². The van der Waals surface area contributed by atoms with Gasteiger partial charge in [0.1, 0.15) is 11.3 Å². The third-order valence-electron chi connectivity index (χ3n) is 0.0630. The average Bonchev–Trinajstić information content (AvgIpc) is 1.38. The molecule has 0 bridgehead atoms. The van der Waals surface area contributed by atoms with Crippen molar-refractivity contribution in [3.05, 3.63) is 0 Å². The van der Waals surface area contributed by atoms with Gasteiger partial charge in [-0.05, 0) is 31.9 Å². The number of hydrogen-bond donors (Lipinski definition) is 0. The molecule has 0 atom stereocenters. The normalized spacial score (nSPS) is 6.80. The Morgan fingerprint density at radius 1 is 1.60 bits per heavy atom. The van der Waals surface area contributed by atoms with Gasteiger partial charge >= 0.3 is 0 Å². The second-order valence-electron chi connectivity index (χ2n) is 0.309. The van der Waals surface area contributed by atoms with E-state index in [0.29, 0.717) is 13.9 Å². The second kappa shape index (κ2) is 3.06. The number of hydrogen-bond acceptors (Lipinski definition) is 1. The minimum atomic E-state index is 0.380. The fourth-order valence-electron chi connectivity index (χ4n) is 0. The van der Waals surface area contributed by atoms with Crippen molar-refractivity contribution in [2.45, 2.75) is 0 Å². The summed E-state index contributed by atoms with van der Waals surface area (Å²) in [4.78, 5) is 0. The zero-order chi connectivity index (χ0) is 4.28. The van der Waals surface area contributed by atoms with E-state index in [1.165, 1.54) is 0 Å². The molecule has 0 unspecified atom stereocenters. The van der Waals surface area contributed by atoms with Crippen LogP contribution < -0.4 is 0 Å². The van der Waals surface area contributed by atoms with E-state index in [9.17, 15) is 4.21 Å². The van der Waals surface area contributed by atoms with E-state index in [4.69, 9.17) is 0 Å². The minimum Gasteiger partial charge on any atom is -0.211 e. The molecule has 0 aromatic heterocycles. The largest absolute Gasteiger partial charge is 0.211 e. The molecule has 0 heterocycles. The van der Waals surface area contributed by atoms with Crippen molar-refractivity contribution in [2.24, 2.45) is 0 Å². The van der Waals surface area contributed by atoms with Gasteiger partial charge in [-0.1, -0.05) is 0 Å². The minimum absolute atomic E-state index is 0.380. The highest BCUT2D eigenvalue weighted by molar-refractivity contribution is 9.41. The molecule has 0 aromatic rings. The molecule has 0 fully saturated rings. The van der Waals surface area contributed by atoms with Gasteiger partial charge in [-0.25, -0.2) is 4.21 Å². The Hall–Kier alpha value is 0.850. The van der Waals surface area contributed by atoms with Crippen molar-refractivity contribution in [3.8, 4) is 0 Å². The van der Waals surface area contributed by atoms with E-state index in [0.717, 1.165) is 0 Å². The Labute approximate surface area is 50.1 Å². The lowest BCUT2D eigenvalue weighted by molar-refractivity contribution is 0.701. The van der Waals surface area contributed by atoms with E-state index in [1.54, 1.807) is 0 Å². The molecule has 0 aromatic carbocycles. The molecule has 0 rings (SSSR count). The lowest BCUT2D eigenvalue weighted by atomic mass is 12.0. The van der Waals surface area contributed by atoms with E-state index in [1.807, 2.05) is 0 Å². The lowest BCUT2D eigenvalue weighted by Crippen LogP contribution is -1.55.